The number of imidazole rings is 1. The third-order valence-corrected chi connectivity index (χ3v) is 4.09. The highest BCUT2D eigenvalue weighted by molar-refractivity contribution is 5.77. The molecule has 0 saturated heterocycles. The first-order valence-electron chi connectivity index (χ1n) is 7.68. The normalized spacial score (nSPS) is 13.3. The van der Waals surface area contributed by atoms with Gasteiger partial charge < -0.3 is 9.88 Å². The van der Waals surface area contributed by atoms with Gasteiger partial charge in [0.05, 0.1) is 17.4 Å². The first-order valence-corrected chi connectivity index (χ1v) is 7.68. The fourth-order valence-corrected chi connectivity index (χ4v) is 2.51. The van der Waals surface area contributed by atoms with Crippen LogP contribution in [0.3, 0.4) is 0 Å². The average molecular weight is 273 g/mol. The molecule has 3 heteroatoms. The highest BCUT2D eigenvalue weighted by Gasteiger charge is 2.14. The van der Waals surface area contributed by atoms with Crippen molar-refractivity contribution in [1.29, 1.82) is 0 Å². The van der Waals surface area contributed by atoms with E-state index in [1.807, 2.05) is 6.33 Å². The van der Waals surface area contributed by atoms with E-state index in [-0.39, 0.29) is 0 Å². The summed E-state index contributed by atoms with van der Waals surface area (Å²) >= 11 is 0. The average Bonchev–Trinajstić information content (AvgIpc) is 2.77. The van der Waals surface area contributed by atoms with Gasteiger partial charge in [0.15, 0.2) is 0 Å². The predicted molar refractivity (Wildman–Crippen MR) is 86.1 cm³/mol. The topological polar surface area (TPSA) is 29.9 Å². The Balaban J connectivity index is 2.25. The van der Waals surface area contributed by atoms with Crippen LogP contribution in [0.25, 0.3) is 11.0 Å². The Morgan fingerprint density at radius 3 is 2.55 bits per heavy atom. The number of nitrogens with one attached hydrogen (secondary N) is 1. The monoisotopic (exact) mass is 273 g/mol. The molecular weight excluding hydrogens is 246 g/mol. The number of benzene rings is 1. The fraction of sp³-hybridized carbons (Fsp3) is 0.588. The number of rotatable bonds is 6. The summed E-state index contributed by atoms with van der Waals surface area (Å²) in [6.45, 7) is 13.1. The van der Waals surface area contributed by atoms with E-state index in [1.54, 1.807) is 0 Å². The first kappa shape index (κ1) is 15.0. The van der Waals surface area contributed by atoms with Crippen molar-refractivity contribution in [2.24, 2.45) is 5.92 Å². The molecule has 2 rings (SSSR count). The smallest absolute Gasteiger partial charge is 0.0958 e. The predicted octanol–water partition coefficient (Wildman–Crippen LogP) is 3.68. The lowest BCUT2D eigenvalue weighted by atomic mass is 10.0. The van der Waals surface area contributed by atoms with Crippen LogP contribution in [-0.2, 0) is 6.54 Å². The van der Waals surface area contributed by atoms with Crippen LogP contribution in [0.5, 0.6) is 0 Å². The van der Waals surface area contributed by atoms with Crippen molar-refractivity contribution in [1.82, 2.24) is 14.9 Å². The number of aromatic nitrogens is 2. The Kier molecular flexibility index (Phi) is 4.81. The molecule has 2 aromatic rings. The van der Waals surface area contributed by atoms with Gasteiger partial charge in [-0.1, -0.05) is 20.8 Å². The van der Waals surface area contributed by atoms with Gasteiger partial charge in [-0.15, -0.1) is 0 Å². The maximum Gasteiger partial charge on any atom is 0.0958 e. The van der Waals surface area contributed by atoms with Crippen molar-refractivity contribution in [3.05, 3.63) is 29.6 Å². The minimum Gasteiger partial charge on any atom is -0.329 e. The molecule has 0 spiro atoms. The lowest BCUT2D eigenvalue weighted by molar-refractivity contribution is 0.359. The van der Waals surface area contributed by atoms with Crippen molar-refractivity contribution in [2.45, 2.75) is 53.6 Å². The molecule has 0 bridgehead atoms. The van der Waals surface area contributed by atoms with Gasteiger partial charge in [-0.3, -0.25) is 0 Å². The van der Waals surface area contributed by atoms with Crippen LogP contribution in [0.2, 0.25) is 0 Å². The fourth-order valence-electron chi connectivity index (χ4n) is 2.51. The molecule has 1 N–H and O–H groups in total. The summed E-state index contributed by atoms with van der Waals surface area (Å²) in [5, 5.41) is 3.65. The molecule has 3 nitrogen and oxygen atoms in total. The first-order chi connectivity index (χ1) is 9.52. The molecule has 1 atom stereocenters. The number of aryl methyl sites for hydroxylation is 2. The van der Waals surface area contributed by atoms with Crippen molar-refractivity contribution in [2.75, 3.05) is 6.54 Å². The van der Waals surface area contributed by atoms with Gasteiger partial charge in [-0.25, -0.2) is 4.98 Å². The molecule has 0 aliphatic rings. The molecule has 1 aromatic heterocycles. The standard InChI is InChI=1S/C17H27N3/c1-6-7-18-16(12(2)3)10-20-11-19-15-8-13(4)14(5)9-17(15)20/h8-9,11-12,16,18H,6-7,10H2,1-5H3. The van der Waals surface area contributed by atoms with E-state index in [1.165, 1.54) is 23.1 Å². The minimum absolute atomic E-state index is 0.494. The van der Waals surface area contributed by atoms with Crippen LogP contribution >= 0.6 is 0 Å². The molecule has 0 amide bonds. The molecule has 0 aliphatic carbocycles. The summed E-state index contributed by atoms with van der Waals surface area (Å²) in [5.74, 6) is 0.616. The largest absolute Gasteiger partial charge is 0.329 e. The molecule has 0 radical (unpaired) electrons. The third-order valence-electron chi connectivity index (χ3n) is 4.09. The number of nitrogens with zero attached hydrogens (tertiary/aromatic N) is 2. The van der Waals surface area contributed by atoms with Gasteiger partial charge in [0.2, 0.25) is 0 Å². The second kappa shape index (κ2) is 6.40. The highest BCUT2D eigenvalue weighted by Crippen LogP contribution is 2.19. The molecule has 110 valence electrons. The Hall–Kier alpha value is -1.35. The van der Waals surface area contributed by atoms with Crippen LogP contribution in [0.1, 0.15) is 38.3 Å². The lowest BCUT2D eigenvalue weighted by Crippen LogP contribution is -2.37. The van der Waals surface area contributed by atoms with Gasteiger partial charge >= 0.3 is 0 Å². The molecule has 1 heterocycles. The van der Waals surface area contributed by atoms with Crippen LogP contribution in [0, 0.1) is 19.8 Å². The van der Waals surface area contributed by atoms with E-state index in [4.69, 9.17) is 0 Å². The van der Waals surface area contributed by atoms with Crippen LogP contribution in [0.15, 0.2) is 18.5 Å². The van der Waals surface area contributed by atoms with Gasteiger partial charge in [0.25, 0.3) is 0 Å². The van der Waals surface area contributed by atoms with Crippen LogP contribution in [-0.4, -0.2) is 22.1 Å². The van der Waals surface area contributed by atoms with E-state index in [9.17, 15) is 0 Å². The maximum atomic E-state index is 4.55. The number of fused-ring (bicyclic) bond motifs is 1. The maximum absolute atomic E-state index is 4.55. The molecule has 1 aromatic carbocycles. The zero-order chi connectivity index (χ0) is 14.7. The van der Waals surface area contributed by atoms with Crippen LogP contribution < -0.4 is 5.32 Å². The van der Waals surface area contributed by atoms with E-state index in [0.29, 0.717) is 12.0 Å². The quantitative estimate of drug-likeness (QED) is 0.870. The molecule has 20 heavy (non-hydrogen) atoms. The zero-order valence-electron chi connectivity index (χ0n) is 13.4. The Morgan fingerprint density at radius 2 is 1.90 bits per heavy atom. The van der Waals surface area contributed by atoms with E-state index < -0.39 is 0 Å². The second-order valence-corrected chi connectivity index (χ2v) is 6.13. The SMILES string of the molecule is CCCNC(Cn1cnc2cc(C)c(C)cc21)C(C)C. The van der Waals surface area contributed by atoms with Crippen LogP contribution in [0.4, 0.5) is 0 Å². The molecule has 1 unspecified atom stereocenters. The summed E-state index contributed by atoms with van der Waals surface area (Å²) in [5.41, 5.74) is 5.00. The summed E-state index contributed by atoms with van der Waals surface area (Å²) in [6.07, 6.45) is 3.15. The number of hydrogen-bond acceptors (Lipinski definition) is 2. The summed E-state index contributed by atoms with van der Waals surface area (Å²) in [6, 6.07) is 4.94. The molecule has 0 aliphatic heterocycles. The minimum atomic E-state index is 0.494. The lowest BCUT2D eigenvalue weighted by Gasteiger charge is -2.23. The highest BCUT2D eigenvalue weighted by atomic mass is 15.1. The second-order valence-electron chi connectivity index (χ2n) is 6.13. The molecule has 0 saturated carbocycles. The molecule has 0 fully saturated rings. The zero-order valence-corrected chi connectivity index (χ0v) is 13.4. The third kappa shape index (κ3) is 3.21. The van der Waals surface area contributed by atoms with Crippen molar-refractivity contribution < 1.29 is 0 Å². The molecular formula is C17H27N3. The van der Waals surface area contributed by atoms with E-state index in [2.05, 4.69) is 61.6 Å². The summed E-state index contributed by atoms with van der Waals surface area (Å²) in [7, 11) is 0. The summed E-state index contributed by atoms with van der Waals surface area (Å²) in [4.78, 5) is 4.55. The van der Waals surface area contributed by atoms with Gasteiger partial charge in [0, 0.05) is 12.6 Å². The summed E-state index contributed by atoms with van der Waals surface area (Å²) < 4.78 is 2.29. The van der Waals surface area contributed by atoms with Gasteiger partial charge in [-0.2, -0.15) is 0 Å². The van der Waals surface area contributed by atoms with Crippen molar-refractivity contribution in [3.8, 4) is 0 Å². The van der Waals surface area contributed by atoms with E-state index >= 15 is 0 Å². The van der Waals surface area contributed by atoms with E-state index in [0.717, 1.165) is 18.6 Å². The Bertz CT molecular complexity index is 569. The Labute approximate surface area is 122 Å². The van der Waals surface area contributed by atoms with Crippen molar-refractivity contribution in [3.63, 3.8) is 0 Å². The Morgan fingerprint density at radius 1 is 1.20 bits per heavy atom. The number of hydrogen-bond donors (Lipinski definition) is 1. The van der Waals surface area contributed by atoms with Gasteiger partial charge in [-0.05, 0) is 56.0 Å². The van der Waals surface area contributed by atoms with Gasteiger partial charge in [0.1, 0.15) is 0 Å². The van der Waals surface area contributed by atoms with Crippen molar-refractivity contribution >= 4 is 11.0 Å².